The van der Waals surface area contributed by atoms with Crippen LogP contribution in [0.3, 0.4) is 0 Å². The molecular weight excluding hydrogens is 220 g/mol. The van der Waals surface area contributed by atoms with Gasteiger partial charge in [-0.2, -0.15) is 0 Å². The number of carbonyl (C=O) groups excluding carboxylic acids is 1. The Balaban J connectivity index is 4.50. The average molecular weight is 246 g/mol. The van der Waals surface area contributed by atoms with Crippen molar-refractivity contribution >= 4 is 5.91 Å². The van der Waals surface area contributed by atoms with Crippen molar-refractivity contribution in [2.75, 3.05) is 40.5 Å². The molecule has 0 rings (SSSR count). The van der Waals surface area contributed by atoms with E-state index in [1.807, 2.05) is 20.8 Å². The third-order valence-electron chi connectivity index (χ3n) is 2.64. The maximum Gasteiger partial charge on any atom is 0.240 e. The fraction of sp³-hybridized carbons (Fsp3) is 0.917. The second-order valence-electron chi connectivity index (χ2n) is 5.15. The Morgan fingerprint density at radius 1 is 1.18 bits per heavy atom. The Labute approximate surface area is 104 Å². The molecule has 0 bridgehead atoms. The molecule has 1 amide bonds. The van der Waals surface area contributed by atoms with Crippen molar-refractivity contribution in [2.24, 2.45) is 11.1 Å². The van der Waals surface area contributed by atoms with E-state index in [0.717, 1.165) is 0 Å². The lowest BCUT2D eigenvalue weighted by atomic mass is 9.86. The maximum atomic E-state index is 12.2. The number of rotatable bonds is 7. The van der Waals surface area contributed by atoms with Gasteiger partial charge in [-0.3, -0.25) is 4.79 Å². The first-order valence-corrected chi connectivity index (χ1v) is 5.86. The van der Waals surface area contributed by atoms with Gasteiger partial charge in [0.05, 0.1) is 19.3 Å². The van der Waals surface area contributed by atoms with Gasteiger partial charge in [-0.05, 0) is 5.41 Å². The molecular formula is C12H26N2O3. The Morgan fingerprint density at radius 3 is 1.88 bits per heavy atom. The van der Waals surface area contributed by atoms with E-state index in [2.05, 4.69) is 0 Å². The number of methoxy groups -OCH3 is 2. The van der Waals surface area contributed by atoms with Crippen LogP contribution in [0, 0.1) is 5.41 Å². The molecule has 5 nitrogen and oxygen atoms in total. The number of amides is 1. The molecule has 0 aromatic carbocycles. The molecule has 0 saturated carbocycles. The van der Waals surface area contributed by atoms with Gasteiger partial charge in [0.15, 0.2) is 0 Å². The van der Waals surface area contributed by atoms with E-state index in [9.17, 15) is 4.79 Å². The van der Waals surface area contributed by atoms with Crippen molar-refractivity contribution in [3.8, 4) is 0 Å². The molecule has 0 heterocycles. The van der Waals surface area contributed by atoms with Gasteiger partial charge >= 0.3 is 0 Å². The number of hydrogen-bond donors (Lipinski definition) is 1. The summed E-state index contributed by atoms with van der Waals surface area (Å²) in [5.74, 6) is -0.0494. The highest BCUT2D eigenvalue weighted by Gasteiger charge is 2.30. The first kappa shape index (κ1) is 16.4. The topological polar surface area (TPSA) is 64.8 Å². The van der Waals surface area contributed by atoms with Gasteiger partial charge < -0.3 is 20.1 Å². The van der Waals surface area contributed by atoms with Crippen LogP contribution in [-0.2, 0) is 14.3 Å². The monoisotopic (exact) mass is 246 g/mol. The van der Waals surface area contributed by atoms with Crippen LogP contribution in [-0.4, -0.2) is 57.4 Å². The van der Waals surface area contributed by atoms with E-state index < -0.39 is 6.04 Å². The number of nitrogens with two attached hydrogens (primary N) is 1. The van der Waals surface area contributed by atoms with E-state index in [-0.39, 0.29) is 11.3 Å². The van der Waals surface area contributed by atoms with Crippen LogP contribution in [0.15, 0.2) is 0 Å². The Kier molecular flexibility index (Phi) is 7.34. The van der Waals surface area contributed by atoms with Crippen molar-refractivity contribution in [3.63, 3.8) is 0 Å². The van der Waals surface area contributed by atoms with Crippen LogP contribution in [0.1, 0.15) is 20.8 Å². The fourth-order valence-electron chi connectivity index (χ4n) is 1.30. The van der Waals surface area contributed by atoms with Crippen LogP contribution >= 0.6 is 0 Å². The van der Waals surface area contributed by atoms with Crippen molar-refractivity contribution < 1.29 is 14.3 Å². The molecule has 0 aliphatic heterocycles. The third-order valence-corrected chi connectivity index (χ3v) is 2.64. The third kappa shape index (κ3) is 6.00. The minimum Gasteiger partial charge on any atom is -0.383 e. The lowest BCUT2D eigenvalue weighted by Crippen LogP contribution is -2.51. The number of carbonyl (C=O) groups is 1. The molecule has 0 aromatic heterocycles. The number of nitrogens with zero attached hydrogens (tertiary/aromatic N) is 1. The first-order valence-electron chi connectivity index (χ1n) is 5.86. The second kappa shape index (κ2) is 7.63. The number of ether oxygens (including phenoxy) is 2. The van der Waals surface area contributed by atoms with Crippen molar-refractivity contribution in [1.29, 1.82) is 0 Å². The van der Waals surface area contributed by atoms with Crippen LogP contribution in [0.2, 0.25) is 0 Å². The van der Waals surface area contributed by atoms with Crippen LogP contribution in [0.25, 0.3) is 0 Å². The maximum absolute atomic E-state index is 12.2. The predicted molar refractivity (Wildman–Crippen MR) is 67.8 cm³/mol. The van der Waals surface area contributed by atoms with Gasteiger partial charge in [0.25, 0.3) is 0 Å². The predicted octanol–water partition coefficient (Wildman–Crippen LogP) is 0.481. The summed E-state index contributed by atoms with van der Waals surface area (Å²) in [6, 6.07) is -0.504. The van der Waals surface area contributed by atoms with Crippen molar-refractivity contribution in [2.45, 2.75) is 26.8 Å². The van der Waals surface area contributed by atoms with Gasteiger partial charge in [0.2, 0.25) is 5.91 Å². The molecule has 2 N–H and O–H groups in total. The molecule has 5 heteroatoms. The van der Waals surface area contributed by atoms with Crippen LogP contribution in [0.5, 0.6) is 0 Å². The lowest BCUT2D eigenvalue weighted by Gasteiger charge is -2.31. The Morgan fingerprint density at radius 2 is 1.59 bits per heavy atom. The minimum atomic E-state index is -0.504. The highest BCUT2D eigenvalue weighted by atomic mass is 16.5. The summed E-state index contributed by atoms with van der Waals surface area (Å²) in [5.41, 5.74) is 5.73. The lowest BCUT2D eigenvalue weighted by molar-refractivity contribution is -0.136. The van der Waals surface area contributed by atoms with E-state index in [1.165, 1.54) is 0 Å². The SMILES string of the molecule is COCCN(CCOC)C(=O)[C@@H](N)C(C)(C)C. The zero-order valence-electron chi connectivity index (χ0n) is 11.7. The quantitative estimate of drug-likeness (QED) is 0.709. The molecule has 0 aliphatic carbocycles. The van der Waals surface area contributed by atoms with Crippen molar-refractivity contribution in [3.05, 3.63) is 0 Å². The summed E-state index contributed by atoms with van der Waals surface area (Å²) in [4.78, 5) is 13.9. The Bertz CT molecular complexity index is 218. The second-order valence-corrected chi connectivity index (χ2v) is 5.15. The van der Waals surface area contributed by atoms with Gasteiger partial charge in [0.1, 0.15) is 0 Å². The normalized spacial score (nSPS) is 13.5. The Hall–Kier alpha value is -0.650. The molecule has 0 aliphatic rings. The summed E-state index contributed by atoms with van der Waals surface area (Å²) < 4.78 is 9.98. The van der Waals surface area contributed by atoms with Crippen molar-refractivity contribution in [1.82, 2.24) is 4.90 Å². The van der Waals surface area contributed by atoms with E-state index in [1.54, 1.807) is 19.1 Å². The highest BCUT2D eigenvalue weighted by Crippen LogP contribution is 2.19. The summed E-state index contributed by atoms with van der Waals surface area (Å²) >= 11 is 0. The fourth-order valence-corrected chi connectivity index (χ4v) is 1.30. The molecule has 102 valence electrons. The van der Waals surface area contributed by atoms with E-state index in [0.29, 0.717) is 26.3 Å². The molecule has 0 fully saturated rings. The smallest absolute Gasteiger partial charge is 0.240 e. The molecule has 0 aromatic rings. The molecule has 17 heavy (non-hydrogen) atoms. The molecule has 0 radical (unpaired) electrons. The minimum absolute atomic E-state index is 0.0494. The van der Waals surface area contributed by atoms with Crippen LogP contribution in [0.4, 0.5) is 0 Å². The first-order chi connectivity index (χ1) is 7.84. The molecule has 0 spiro atoms. The summed E-state index contributed by atoms with van der Waals surface area (Å²) in [7, 11) is 3.23. The molecule has 0 saturated heterocycles. The van der Waals surface area contributed by atoms with Gasteiger partial charge in [-0.25, -0.2) is 0 Å². The van der Waals surface area contributed by atoms with Gasteiger partial charge in [-0.15, -0.1) is 0 Å². The van der Waals surface area contributed by atoms with Crippen LogP contribution < -0.4 is 5.73 Å². The van der Waals surface area contributed by atoms with Gasteiger partial charge in [-0.1, -0.05) is 20.8 Å². The zero-order valence-corrected chi connectivity index (χ0v) is 11.7. The average Bonchev–Trinajstić information content (AvgIpc) is 2.26. The summed E-state index contributed by atoms with van der Waals surface area (Å²) in [6.45, 7) is 7.98. The highest BCUT2D eigenvalue weighted by molar-refractivity contribution is 5.82. The summed E-state index contributed by atoms with van der Waals surface area (Å²) in [5, 5.41) is 0. The van der Waals surface area contributed by atoms with E-state index >= 15 is 0 Å². The van der Waals surface area contributed by atoms with E-state index in [4.69, 9.17) is 15.2 Å². The van der Waals surface area contributed by atoms with Gasteiger partial charge in [0, 0.05) is 27.3 Å². The number of hydrogen-bond acceptors (Lipinski definition) is 4. The molecule has 1 atom stereocenters. The summed E-state index contributed by atoms with van der Waals surface area (Å²) in [6.07, 6.45) is 0. The standard InChI is InChI=1S/C12H26N2O3/c1-12(2,3)10(13)11(15)14(6-8-16-4)7-9-17-5/h10H,6-9,13H2,1-5H3/t10-/m1/s1. The molecule has 0 unspecified atom stereocenters. The largest absolute Gasteiger partial charge is 0.383 e. The zero-order chi connectivity index (χ0) is 13.5.